The first-order valence-electron chi connectivity index (χ1n) is 1.33. The summed E-state index contributed by atoms with van der Waals surface area (Å²) in [6, 6.07) is -0.600. The Morgan fingerprint density at radius 2 is 1.88 bits per heavy atom. The van der Waals surface area contributed by atoms with Gasteiger partial charge in [0.2, 0.25) is 0 Å². The summed E-state index contributed by atoms with van der Waals surface area (Å²) in [6.45, 7) is 0. The number of amides is 2. The molecule has 0 aromatic heterocycles. The van der Waals surface area contributed by atoms with Gasteiger partial charge in [0, 0.05) is 11.8 Å². The average molecular weight is 180 g/mol. The molecule has 0 bridgehead atoms. The van der Waals surface area contributed by atoms with Crippen molar-refractivity contribution in [3.8, 4) is 0 Å². The minimum Gasteiger partial charge on any atom is -0.258 e. The second-order valence-electron chi connectivity index (χ2n) is 0.643. The van der Waals surface area contributed by atoms with Crippen LogP contribution in [-0.4, -0.2) is 6.03 Å². The number of carbonyl (C=O) groups excluding carboxylic acids is 1. The van der Waals surface area contributed by atoms with Gasteiger partial charge in [-0.15, -0.1) is 17.4 Å². The van der Waals surface area contributed by atoms with Crippen LogP contribution in [-0.2, 0) is 0 Å². The van der Waals surface area contributed by atoms with Crippen LogP contribution in [0.15, 0.2) is 0 Å². The van der Waals surface area contributed by atoms with Gasteiger partial charge >= 0.3 is 6.03 Å². The second kappa shape index (κ2) is 7.10. The molecular formula is CH4Cl3N3O. The Kier molecular flexibility index (Phi) is 9.74. The van der Waals surface area contributed by atoms with Crippen molar-refractivity contribution in [2.75, 3.05) is 0 Å². The van der Waals surface area contributed by atoms with Crippen molar-refractivity contribution in [2.45, 2.75) is 0 Å². The molecule has 0 saturated carbocycles. The number of hydrogen-bond donors (Lipinski definition) is 3. The third-order valence-corrected chi connectivity index (χ3v) is 0.513. The van der Waals surface area contributed by atoms with Crippen LogP contribution in [0.5, 0.6) is 0 Å². The van der Waals surface area contributed by atoms with Crippen molar-refractivity contribution in [3.05, 3.63) is 0 Å². The van der Waals surface area contributed by atoms with Gasteiger partial charge in [0.15, 0.2) is 0 Å². The highest BCUT2D eigenvalue weighted by Gasteiger charge is 1.89. The Bertz CT molecular complexity index is 67.5. The zero-order valence-corrected chi connectivity index (χ0v) is 5.90. The molecule has 3 N–H and O–H groups in total. The molecule has 0 atom stereocenters. The summed E-state index contributed by atoms with van der Waals surface area (Å²) in [6.07, 6.45) is 0. The maximum atomic E-state index is 9.91. The molecule has 0 aromatic carbocycles. The fourth-order valence-corrected chi connectivity index (χ4v) is 0.200. The molecule has 0 heterocycles. The van der Waals surface area contributed by atoms with Crippen LogP contribution in [0.2, 0.25) is 0 Å². The smallest absolute Gasteiger partial charge is 0.258 e. The van der Waals surface area contributed by atoms with Crippen LogP contribution in [0.1, 0.15) is 0 Å². The molecule has 0 aliphatic heterocycles. The first-order valence-corrected chi connectivity index (χ1v) is 2.09. The second-order valence-corrected chi connectivity index (χ2v) is 1.02. The fourth-order valence-electron chi connectivity index (χ4n) is 0.0665. The molecule has 0 aliphatic rings. The maximum Gasteiger partial charge on any atom is 0.344 e. The van der Waals surface area contributed by atoms with E-state index in [0.29, 0.717) is 0 Å². The Balaban J connectivity index is 0. The molecule has 4 nitrogen and oxygen atoms in total. The maximum absolute atomic E-state index is 9.91. The highest BCUT2D eigenvalue weighted by atomic mass is 35.5. The molecule has 0 fully saturated rings. The molecule has 0 saturated heterocycles. The molecular weight excluding hydrogens is 176 g/mol. The lowest BCUT2D eigenvalue weighted by atomic mass is 11.2. The third kappa shape index (κ3) is 6.10. The van der Waals surface area contributed by atoms with Crippen LogP contribution in [0, 0.1) is 0 Å². The Hall–Kier alpha value is 0.1000. The van der Waals surface area contributed by atoms with Gasteiger partial charge < -0.3 is 0 Å². The molecule has 0 radical (unpaired) electrons. The van der Waals surface area contributed by atoms with Gasteiger partial charge in [-0.3, -0.25) is 5.43 Å². The van der Waals surface area contributed by atoms with Crippen LogP contribution in [0.25, 0.3) is 0 Å². The van der Waals surface area contributed by atoms with Crippen molar-refractivity contribution in [2.24, 2.45) is 0 Å². The number of rotatable bonds is 1. The van der Waals surface area contributed by atoms with Gasteiger partial charge in [-0.1, -0.05) is 0 Å². The number of halogens is 3. The van der Waals surface area contributed by atoms with Crippen molar-refractivity contribution in [1.82, 2.24) is 15.2 Å². The van der Waals surface area contributed by atoms with Crippen molar-refractivity contribution in [1.29, 1.82) is 0 Å². The van der Waals surface area contributed by atoms with Gasteiger partial charge in [-0.25, -0.2) is 9.63 Å². The SMILES string of the molecule is Cl.O=C(NCl)NNCl. The van der Waals surface area contributed by atoms with Crippen LogP contribution < -0.4 is 15.2 Å². The Morgan fingerprint density at radius 1 is 1.38 bits per heavy atom. The molecule has 50 valence electrons. The van der Waals surface area contributed by atoms with Gasteiger partial charge in [0.1, 0.15) is 0 Å². The lowest BCUT2D eigenvalue weighted by molar-refractivity contribution is 0.245. The van der Waals surface area contributed by atoms with Crippen molar-refractivity contribution < 1.29 is 4.79 Å². The van der Waals surface area contributed by atoms with E-state index < -0.39 is 6.03 Å². The minimum atomic E-state index is -0.600. The van der Waals surface area contributed by atoms with Gasteiger partial charge in [-0.05, 0) is 11.8 Å². The van der Waals surface area contributed by atoms with E-state index in [4.69, 9.17) is 23.6 Å². The molecule has 0 unspecified atom stereocenters. The highest BCUT2D eigenvalue weighted by Crippen LogP contribution is 1.62. The summed E-state index contributed by atoms with van der Waals surface area (Å²) >= 11 is 9.56. The third-order valence-electron chi connectivity index (χ3n) is 0.247. The monoisotopic (exact) mass is 179 g/mol. The van der Waals surface area contributed by atoms with E-state index in [1.807, 2.05) is 10.4 Å². The fraction of sp³-hybridized carbons (Fsp3) is 0. The molecule has 0 spiro atoms. The largest absolute Gasteiger partial charge is 0.344 e. The standard InChI is InChI=1S/CH3Cl2N3O.ClH/c2-4-1(7)5-6-3;/h6H,(H2,4,5,7);1H. The number of hydrazine groups is 1. The van der Waals surface area contributed by atoms with E-state index in [9.17, 15) is 4.79 Å². The van der Waals surface area contributed by atoms with Gasteiger partial charge in [-0.2, -0.15) is 0 Å². The summed E-state index contributed by atoms with van der Waals surface area (Å²) in [5.74, 6) is 0. The van der Waals surface area contributed by atoms with E-state index in [-0.39, 0.29) is 12.4 Å². The number of nitrogens with one attached hydrogen (secondary N) is 3. The van der Waals surface area contributed by atoms with Crippen LogP contribution in [0.3, 0.4) is 0 Å². The highest BCUT2D eigenvalue weighted by molar-refractivity contribution is 6.21. The minimum absolute atomic E-state index is 0. The van der Waals surface area contributed by atoms with E-state index in [0.717, 1.165) is 0 Å². The van der Waals surface area contributed by atoms with Crippen molar-refractivity contribution >= 4 is 42.0 Å². The van der Waals surface area contributed by atoms with Crippen LogP contribution in [0.4, 0.5) is 4.79 Å². The molecule has 0 aliphatic carbocycles. The quantitative estimate of drug-likeness (QED) is 0.407. The summed E-state index contributed by atoms with van der Waals surface area (Å²) in [5, 5.41) is 0. The molecule has 0 aromatic rings. The van der Waals surface area contributed by atoms with Crippen molar-refractivity contribution in [3.63, 3.8) is 0 Å². The lowest BCUT2D eigenvalue weighted by Crippen LogP contribution is -2.35. The Morgan fingerprint density at radius 3 is 2.00 bits per heavy atom. The lowest BCUT2D eigenvalue weighted by Gasteiger charge is -1.93. The first kappa shape index (κ1) is 11.0. The van der Waals surface area contributed by atoms with E-state index >= 15 is 0 Å². The van der Waals surface area contributed by atoms with Gasteiger partial charge in [0.25, 0.3) is 0 Å². The predicted octanol–water partition coefficient (Wildman–Crippen LogP) is 0.520. The molecule has 8 heavy (non-hydrogen) atoms. The summed E-state index contributed by atoms with van der Waals surface area (Å²) < 4.78 is 0. The number of hydrogen-bond acceptors (Lipinski definition) is 2. The summed E-state index contributed by atoms with van der Waals surface area (Å²) in [4.78, 5) is 13.5. The summed E-state index contributed by atoms with van der Waals surface area (Å²) in [5.41, 5.74) is 1.93. The Labute approximate surface area is 62.5 Å². The zero-order chi connectivity index (χ0) is 5.70. The van der Waals surface area contributed by atoms with Crippen LogP contribution >= 0.6 is 36.0 Å². The van der Waals surface area contributed by atoms with Gasteiger partial charge in [0.05, 0.1) is 0 Å². The topological polar surface area (TPSA) is 53.2 Å². The number of urea groups is 1. The molecule has 0 rings (SSSR count). The normalized spacial score (nSPS) is 6.75. The predicted molar refractivity (Wildman–Crippen MR) is 33.8 cm³/mol. The first-order chi connectivity index (χ1) is 3.31. The average Bonchev–Trinajstić information content (AvgIpc) is 1.68. The van der Waals surface area contributed by atoms with E-state index in [2.05, 4.69) is 0 Å². The molecule has 7 heteroatoms. The summed E-state index contributed by atoms with van der Waals surface area (Å²) in [7, 11) is 0. The molecule has 2 amide bonds. The van der Waals surface area contributed by atoms with E-state index in [1.54, 1.807) is 4.84 Å². The van der Waals surface area contributed by atoms with E-state index in [1.165, 1.54) is 0 Å². The number of carbonyl (C=O) groups is 1. The zero-order valence-electron chi connectivity index (χ0n) is 3.57.